The molecule has 0 aliphatic carbocycles. The fraction of sp³-hybridized carbons (Fsp3) is 0.241. The zero-order valence-corrected chi connectivity index (χ0v) is 22.8. The number of aryl methyl sites for hydroxylation is 1. The minimum absolute atomic E-state index is 0.0612. The van der Waals surface area contributed by atoms with Gasteiger partial charge in [0, 0.05) is 23.8 Å². The number of carbonyl (C=O) groups is 2. The summed E-state index contributed by atoms with van der Waals surface area (Å²) in [6, 6.07) is 16.7. The minimum Gasteiger partial charge on any atom is -0.298 e. The van der Waals surface area contributed by atoms with Gasteiger partial charge in [0.2, 0.25) is 0 Å². The molecule has 1 amide bonds. The summed E-state index contributed by atoms with van der Waals surface area (Å²) < 4.78 is 55.8. The molecule has 0 bridgehead atoms. The predicted octanol–water partition coefficient (Wildman–Crippen LogP) is 5.23. The van der Waals surface area contributed by atoms with Gasteiger partial charge in [0.05, 0.1) is 28.0 Å². The number of nitrogens with zero attached hydrogens (tertiary/aromatic N) is 4. The van der Waals surface area contributed by atoms with E-state index >= 15 is 0 Å². The topological polar surface area (TPSA) is 102 Å². The molecule has 0 N–H and O–H groups in total. The summed E-state index contributed by atoms with van der Waals surface area (Å²) in [5.74, 6) is -5.29. The largest absolute Gasteiger partial charge is 0.298 e. The molecule has 0 saturated heterocycles. The Morgan fingerprint density at radius 3 is 2.45 bits per heavy atom. The number of hydrogen-bond donors (Lipinski definition) is 0. The first-order chi connectivity index (χ1) is 18.9. The monoisotopic (exact) mass is 564 g/mol. The molecule has 0 fully saturated rings. The molecule has 1 unspecified atom stereocenters. The Morgan fingerprint density at radius 2 is 1.75 bits per heavy atom. The lowest BCUT2D eigenvalue weighted by molar-refractivity contribution is -0.128. The highest BCUT2D eigenvalue weighted by Gasteiger charge is 2.40. The second-order valence-electron chi connectivity index (χ2n) is 9.77. The van der Waals surface area contributed by atoms with Crippen molar-refractivity contribution in [2.75, 3.05) is 5.01 Å². The second-order valence-corrected chi connectivity index (χ2v) is 11.5. The van der Waals surface area contributed by atoms with E-state index in [1.54, 1.807) is 37.3 Å². The lowest BCUT2D eigenvalue weighted by Gasteiger charge is -2.16. The summed E-state index contributed by atoms with van der Waals surface area (Å²) in [5, 5.41) is 9.95. The smallest absolute Gasteiger partial charge is 0.283 e. The van der Waals surface area contributed by atoms with Gasteiger partial charge in [0.1, 0.15) is 5.92 Å². The third-order valence-corrected chi connectivity index (χ3v) is 8.55. The maximum Gasteiger partial charge on any atom is 0.283 e. The predicted molar refractivity (Wildman–Crippen MR) is 147 cm³/mol. The highest BCUT2D eigenvalue weighted by atomic mass is 32.2. The number of hydrogen-bond acceptors (Lipinski definition) is 6. The molecule has 40 heavy (non-hydrogen) atoms. The fourth-order valence-electron chi connectivity index (χ4n) is 4.65. The minimum atomic E-state index is -4.02. The molecule has 1 aliphatic heterocycles. The van der Waals surface area contributed by atoms with Gasteiger partial charge in [-0.05, 0) is 55.8 Å². The van der Waals surface area contributed by atoms with Crippen LogP contribution in [0.3, 0.4) is 0 Å². The van der Waals surface area contributed by atoms with Crippen LogP contribution >= 0.6 is 0 Å². The number of hydrazone groups is 1. The third kappa shape index (κ3) is 4.81. The Balaban J connectivity index is 1.42. The van der Waals surface area contributed by atoms with E-state index < -0.39 is 33.6 Å². The van der Waals surface area contributed by atoms with Crippen LogP contribution in [0.1, 0.15) is 37.0 Å². The van der Waals surface area contributed by atoms with E-state index in [0.717, 1.165) is 14.7 Å². The van der Waals surface area contributed by atoms with Crippen LogP contribution in [0.25, 0.3) is 10.9 Å². The lowest BCUT2D eigenvalue weighted by Crippen LogP contribution is -2.33. The Hall–Kier alpha value is -4.25. The van der Waals surface area contributed by atoms with Crippen molar-refractivity contribution in [3.8, 4) is 0 Å². The molecule has 2 heterocycles. The average molecular weight is 565 g/mol. The van der Waals surface area contributed by atoms with Crippen LogP contribution in [0, 0.1) is 12.8 Å². The Kier molecular flexibility index (Phi) is 6.87. The Morgan fingerprint density at radius 1 is 1.02 bits per heavy atom. The molecule has 8 nitrogen and oxygen atoms in total. The normalized spacial score (nSPS) is 16.0. The van der Waals surface area contributed by atoms with E-state index in [0.29, 0.717) is 10.9 Å². The fourth-order valence-corrected chi connectivity index (χ4v) is 5.92. The van der Waals surface area contributed by atoms with Gasteiger partial charge in [-0.25, -0.2) is 8.78 Å². The highest BCUT2D eigenvalue weighted by molar-refractivity contribution is 7.90. The SMILES string of the molecule is CCC(F)(F)c1cccc(CC(=O)C2C(=O)N(c3ccc4cnn(S(=O)(=O)c5ccc(C)cc5)c4c3)N=C2C)c1. The molecule has 0 spiro atoms. The number of benzene rings is 3. The summed E-state index contributed by atoms with van der Waals surface area (Å²) in [6.07, 6.45) is 0.820. The number of carbonyl (C=O) groups excluding carboxylic acids is 2. The van der Waals surface area contributed by atoms with E-state index in [1.807, 2.05) is 6.92 Å². The van der Waals surface area contributed by atoms with E-state index in [-0.39, 0.29) is 40.2 Å². The van der Waals surface area contributed by atoms with Crippen molar-refractivity contribution in [2.24, 2.45) is 11.0 Å². The molecular weight excluding hydrogens is 538 g/mol. The number of amides is 1. The first-order valence-corrected chi connectivity index (χ1v) is 14.1. The Labute approximate surface area is 230 Å². The lowest BCUT2D eigenvalue weighted by atomic mass is 9.92. The Bertz CT molecular complexity index is 1780. The molecule has 1 atom stereocenters. The first-order valence-electron chi connectivity index (χ1n) is 12.6. The highest BCUT2D eigenvalue weighted by Crippen LogP contribution is 2.33. The van der Waals surface area contributed by atoms with Crippen molar-refractivity contribution in [1.82, 2.24) is 9.19 Å². The molecule has 0 saturated carbocycles. The summed E-state index contributed by atoms with van der Waals surface area (Å²) in [6.45, 7) is 4.78. The van der Waals surface area contributed by atoms with Gasteiger partial charge < -0.3 is 0 Å². The van der Waals surface area contributed by atoms with Crippen molar-refractivity contribution in [3.63, 3.8) is 0 Å². The zero-order chi connectivity index (χ0) is 28.8. The summed E-state index contributed by atoms with van der Waals surface area (Å²) in [4.78, 5) is 26.6. The number of fused-ring (bicyclic) bond motifs is 1. The molecule has 5 rings (SSSR count). The molecule has 1 aromatic heterocycles. The molecule has 1 aliphatic rings. The zero-order valence-electron chi connectivity index (χ0n) is 22.0. The number of Topliss-reactive ketones (excluding diaryl/α,β-unsaturated/α-hetero) is 1. The average Bonchev–Trinajstić information content (AvgIpc) is 3.49. The standard InChI is InChI=1S/C29H26F2N4O4S/c1-4-29(30,31)22-7-5-6-20(14-22)15-26(36)27-19(3)33-34(28(27)37)23-11-10-21-17-32-35(25(21)16-23)40(38,39)24-12-8-18(2)9-13-24/h5-14,16-17,27H,4,15H2,1-3H3. The van der Waals surface area contributed by atoms with Gasteiger partial charge in [-0.3, -0.25) is 9.59 Å². The number of aromatic nitrogens is 2. The summed E-state index contributed by atoms with van der Waals surface area (Å²) >= 11 is 0. The number of anilines is 1. The van der Waals surface area contributed by atoms with Crippen LogP contribution in [0.2, 0.25) is 0 Å². The first kappa shape index (κ1) is 27.3. The van der Waals surface area contributed by atoms with E-state index in [1.165, 1.54) is 49.5 Å². The van der Waals surface area contributed by atoms with E-state index in [2.05, 4.69) is 10.2 Å². The van der Waals surface area contributed by atoms with Gasteiger partial charge in [-0.15, -0.1) is 0 Å². The van der Waals surface area contributed by atoms with Crippen LogP contribution in [0.4, 0.5) is 14.5 Å². The van der Waals surface area contributed by atoms with Crippen molar-refractivity contribution < 1.29 is 26.8 Å². The van der Waals surface area contributed by atoms with Gasteiger partial charge in [-0.2, -0.15) is 27.7 Å². The van der Waals surface area contributed by atoms with Gasteiger partial charge in [0.25, 0.3) is 21.9 Å². The van der Waals surface area contributed by atoms with Crippen LogP contribution < -0.4 is 5.01 Å². The molecule has 206 valence electrons. The maximum absolute atomic E-state index is 14.2. The molecule has 11 heteroatoms. The van der Waals surface area contributed by atoms with Crippen molar-refractivity contribution in [2.45, 2.75) is 44.4 Å². The quantitative estimate of drug-likeness (QED) is 0.273. The van der Waals surface area contributed by atoms with Crippen LogP contribution in [-0.2, 0) is 32.0 Å². The second kappa shape index (κ2) is 10.1. The molecule has 0 radical (unpaired) electrons. The number of halogens is 2. The summed E-state index contributed by atoms with van der Waals surface area (Å²) in [7, 11) is -4.02. The summed E-state index contributed by atoms with van der Waals surface area (Å²) in [5.41, 5.74) is 1.85. The van der Waals surface area contributed by atoms with Crippen molar-refractivity contribution >= 4 is 44.0 Å². The molecule has 4 aromatic rings. The molecule has 3 aromatic carbocycles. The van der Waals surface area contributed by atoms with Crippen molar-refractivity contribution in [3.05, 3.63) is 89.6 Å². The van der Waals surface area contributed by atoms with Gasteiger partial charge in [-0.1, -0.05) is 42.8 Å². The molecular formula is C29H26F2N4O4S. The number of alkyl halides is 2. The van der Waals surface area contributed by atoms with Crippen LogP contribution in [0.15, 0.2) is 82.9 Å². The van der Waals surface area contributed by atoms with Crippen molar-refractivity contribution in [1.29, 1.82) is 0 Å². The van der Waals surface area contributed by atoms with E-state index in [9.17, 15) is 26.8 Å². The third-order valence-electron chi connectivity index (χ3n) is 6.94. The number of rotatable bonds is 8. The maximum atomic E-state index is 14.2. The van der Waals surface area contributed by atoms with Gasteiger partial charge in [0.15, 0.2) is 5.78 Å². The number of ketones is 1. The van der Waals surface area contributed by atoms with E-state index in [4.69, 9.17) is 0 Å². The van der Waals surface area contributed by atoms with Crippen LogP contribution in [-0.4, -0.2) is 35.0 Å². The van der Waals surface area contributed by atoms with Crippen LogP contribution in [0.5, 0.6) is 0 Å². The van der Waals surface area contributed by atoms with Gasteiger partial charge >= 0.3 is 0 Å².